The van der Waals surface area contributed by atoms with Crippen LogP contribution in [-0.2, 0) is 19.6 Å². The predicted molar refractivity (Wildman–Crippen MR) is 75.4 cm³/mol. The Labute approximate surface area is 131 Å². The number of likely N-dealkylation sites (tertiary alicyclic amines) is 1. The molecule has 1 N–H and O–H groups in total. The number of halogens is 2. The van der Waals surface area contributed by atoms with Crippen molar-refractivity contribution in [3.8, 4) is 0 Å². The van der Waals surface area contributed by atoms with Gasteiger partial charge in [0.1, 0.15) is 16.1 Å². The highest BCUT2D eigenvalue weighted by atomic mass is 35.5. The van der Waals surface area contributed by atoms with Crippen molar-refractivity contribution in [2.24, 2.45) is 0 Å². The first-order chi connectivity index (χ1) is 9.72. The van der Waals surface area contributed by atoms with E-state index in [1.165, 1.54) is 7.05 Å². The average Bonchev–Trinajstić information content (AvgIpc) is 2.42. The van der Waals surface area contributed by atoms with E-state index in [0.717, 1.165) is 17.2 Å². The molecule has 1 aliphatic rings. The number of amides is 2. The average molecular weight is 352 g/mol. The number of sulfonamides is 1. The van der Waals surface area contributed by atoms with E-state index in [0.29, 0.717) is 0 Å². The van der Waals surface area contributed by atoms with Crippen LogP contribution in [0.25, 0.3) is 0 Å². The van der Waals surface area contributed by atoms with Crippen LogP contribution >= 0.6 is 23.2 Å². The Balaban J connectivity index is 2.23. The fraction of sp³-hybridized carbons (Fsp3) is 0.364. The van der Waals surface area contributed by atoms with Crippen LogP contribution in [0.5, 0.6) is 0 Å². The van der Waals surface area contributed by atoms with Gasteiger partial charge in [0.15, 0.2) is 0 Å². The van der Waals surface area contributed by atoms with Crippen LogP contribution in [-0.4, -0.2) is 43.2 Å². The fourth-order valence-corrected chi connectivity index (χ4v) is 3.36. The maximum absolute atomic E-state index is 12.2. The molecule has 0 radical (unpaired) electrons. The molecule has 0 bridgehead atoms. The summed E-state index contributed by atoms with van der Waals surface area (Å²) >= 11 is 11.4. The Morgan fingerprint density at radius 1 is 1.38 bits per heavy atom. The van der Waals surface area contributed by atoms with Crippen molar-refractivity contribution in [1.82, 2.24) is 14.6 Å². The predicted octanol–water partition coefficient (Wildman–Crippen LogP) is 0.814. The molecule has 2 amide bonds. The molecule has 0 saturated carbocycles. The van der Waals surface area contributed by atoms with Gasteiger partial charge < -0.3 is 0 Å². The smallest absolute Gasteiger partial charge is 0.247 e. The van der Waals surface area contributed by atoms with Crippen LogP contribution in [0.2, 0.25) is 10.2 Å². The molecule has 0 aliphatic carbocycles. The molecule has 21 heavy (non-hydrogen) atoms. The number of imide groups is 1. The van der Waals surface area contributed by atoms with Crippen LogP contribution in [0.15, 0.2) is 17.2 Å². The number of carbonyl (C=O) groups excluding carboxylic acids is 2. The minimum atomic E-state index is -3.99. The molecule has 0 spiro atoms. The van der Waals surface area contributed by atoms with Crippen LogP contribution in [0.4, 0.5) is 0 Å². The lowest BCUT2D eigenvalue weighted by Crippen LogP contribution is -2.52. The summed E-state index contributed by atoms with van der Waals surface area (Å²) in [6.45, 7) is 0. The number of nitrogens with one attached hydrogen (secondary N) is 1. The third-order valence-corrected chi connectivity index (χ3v) is 5.15. The molecule has 10 heteroatoms. The summed E-state index contributed by atoms with van der Waals surface area (Å²) in [5.41, 5.74) is 0. The lowest BCUT2D eigenvalue weighted by molar-refractivity contribution is -0.147. The molecule has 2 rings (SSSR count). The van der Waals surface area contributed by atoms with E-state index in [4.69, 9.17) is 23.2 Å². The Hall–Kier alpha value is -1.22. The molecule has 7 nitrogen and oxygen atoms in total. The summed E-state index contributed by atoms with van der Waals surface area (Å²) in [7, 11) is -2.68. The Morgan fingerprint density at radius 3 is 2.67 bits per heavy atom. The highest BCUT2D eigenvalue weighted by molar-refractivity contribution is 7.89. The van der Waals surface area contributed by atoms with E-state index in [9.17, 15) is 18.0 Å². The molecule has 1 atom stereocenters. The van der Waals surface area contributed by atoms with Gasteiger partial charge >= 0.3 is 0 Å². The molecule has 1 aliphatic heterocycles. The van der Waals surface area contributed by atoms with Crippen molar-refractivity contribution in [2.45, 2.75) is 23.8 Å². The normalized spacial score (nSPS) is 20.0. The number of likely N-dealkylation sites (N-methyl/N-ethyl adjacent to an activating group) is 1. The van der Waals surface area contributed by atoms with E-state index < -0.39 is 22.0 Å². The number of rotatable bonds is 3. The number of aromatic nitrogens is 1. The second kappa shape index (κ2) is 5.88. The number of hydrogen-bond donors (Lipinski definition) is 1. The van der Waals surface area contributed by atoms with Gasteiger partial charge in [-0.3, -0.25) is 14.5 Å². The lowest BCUT2D eigenvalue weighted by Gasteiger charge is -2.27. The van der Waals surface area contributed by atoms with Crippen molar-refractivity contribution in [1.29, 1.82) is 0 Å². The molecule has 0 aromatic carbocycles. The van der Waals surface area contributed by atoms with E-state index in [-0.39, 0.29) is 33.8 Å². The standard InChI is InChI=1S/C11H11Cl2N3O4S/c1-16-9(17)3-2-8(11(16)18)15-21(19,20)6-4-7(12)10(13)14-5-6/h4-5,8,15H,2-3H2,1H3. The van der Waals surface area contributed by atoms with Crippen molar-refractivity contribution >= 4 is 45.0 Å². The van der Waals surface area contributed by atoms with Gasteiger partial charge in [0.2, 0.25) is 21.8 Å². The minimum Gasteiger partial charge on any atom is -0.284 e. The Morgan fingerprint density at radius 2 is 2.05 bits per heavy atom. The van der Waals surface area contributed by atoms with Crippen molar-refractivity contribution in [3.05, 3.63) is 22.4 Å². The zero-order valence-electron chi connectivity index (χ0n) is 10.8. The van der Waals surface area contributed by atoms with E-state index in [1.54, 1.807) is 0 Å². The molecule has 2 heterocycles. The van der Waals surface area contributed by atoms with E-state index in [2.05, 4.69) is 9.71 Å². The van der Waals surface area contributed by atoms with Crippen molar-refractivity contribution in [2.75, 3.05) is 7.05 Å². The minimum absolute atomic E-state index is 0.0122. The summed E-state index contributed by atoms with van der Waals surface area (Å²) in [4.78, 5) is 27.6. The van der Waals surface area contributed by atoms with Gasteiger partial charge in [-0.05, 0) is 12.5 Å². The molecule has 1 aromatic rings. The van der Waals surface area contributed by atoms with Crippen LogP contribution in [0, 0.1) is 0 Å². The second-order valence-electron chi connectivity index (χ2n) is 4.45. The van der Waals surface area contributed by atoms with Gasteiger partial charge in [0, 0.05) is 19.7 Å². The second-order valence-corrected chi connectivity index (χ2v) is 6.93. The number of piperidine rings is 1. The zero-order valence-corrected chi connectivity index (χ0v) is 13.2. The summed E-state index contributed by atoms with van der Waals surface area (Å²) in [6.07, 6.45) is 1.24. The number of hydrogen-bond acceptors (Lipinski definition) is 5. The summed E-state index contributed by atoms with van der Waals surface area (Å²) < 4.78 is 26.6. The maximum Gasteiger partial charge on any atom is 0.247 e. The quantitative estimate of drug-likeness (QED) is 0.642. The first-order valence-electron chi connectivity index (χ1n) is 5.86. The third kappa shape index (κ3) is 3.34. The molecule has 1 fully saturated rings. The zero-order chi connectivity index (χ0) is 15.8. The molecule has 1 aromatic heterocycles. The number of carbonyl (C=O) groups is 2. The van der Waals surface area contributed by atoms with Gasteiger partial charge in [-0.15, -0.1) is 0 Å². The Kier molecular flexibility index (Phi) is 4.52. The van der Waals surface area contributed by atoms with Gasteiger partial charge in [-0.25, -0.2) is 13.4 Å². The largest absolute Gasteiger partial charge is 0.284 e. The summed E-state index contributed by atoms with van der Waals surface area (Å²) in [5, 5.41) is -0.0310. The van der Waals surface area contributed by atoms with Gasteiger partial charge in [0.05, 0.1) is 5.02 Å². The number of nitrogens with zero attached hydrogens (tertiary/aromatic N) is 2. The number of pyridine rings is 1. The Bertz CT molecular complexity index is 707. The lowest BCUT2D eigenvalue weighted by atomic mass is 10.1. The fourth-order valence-electron chi connectivity index (χ4n) is 1.83. The van der Waals surface area contributed by atoms with Crippen LogP contribution < -0.4 is 4.72 Å². The highest BCUT2D eigenvalue weighted by Crippen LogP contribution is 2.23. The molecule has 114 valence electrons. The first-order valence-corrected chi connectivity index (χ1v) is 8.10. The molecule has 1 unspecified atom stereocenters. The molecule has 1 saturated heterocycles. The van der Waals surface area contributed by atoms with Gasteiger partial charge in [0.25, 0.3) is 0 Å². The van der Waals surface area contributed by atoms with Crippen LogP contribution in [0.3, 0.4) is 0 Å². The molecular formula is C11H11Cl2N3O4S. The topological polar surface area (TPSA) is 96.4 Å². The third-order valence-electron chi connectivity index (χ3n) is 3.03. The highest BCUT2D eigenvalue weighted by Gasteiger charge is 2.34. The van der Waals surface area contributed by atoms with E-state index in [1.807, 2.05) is 0 Å². The summed E-state index contributed by atoms with van der Waals surface area (Å²) in [6, 6.07) is 0.147. The van der Waals surface area contributed by atoms with Gasteiger partial charge in [-0.1, -0.05) is 23.2 Å². The van der Waals surface area contributed by atoms with Crippen LogP contribution in [0.1, 0.15) is 12.8 Å². The van der Waals surface area contributed by atoms with E-state index >= 15 is 0 Å². The molecular weight excluding hydrogens is 341 g/mol. The van der Waals surface area contributed by atoms with Crippen molar-refractivity contribution in [3.63, 3.8) is 0 Å². The van der Waals surface area contributed by atoms with Crippen molar-refractivity contribution < 1.29 is 18.0 Å². The SMILES string of the molecule is CN1C(=O)CCC(NS(=O)(=O)c2cnc(Cl)c(Cl)c2)C1=O. The maximum atomic E-state index is 12.2. The first kappa shape index (κ1) is 16.2. The monoisotopic (exact) mass is 351 g/mol. The summed E-state index contributed by atoms with van der Waals surface area (Å²) in [5.74, 6) is -0.936. The van der Waals surface area contributed by atoms with Gasteiger partial charge in [-0.2, -0.15) is 4.72 Å².